The number of nitrogens with zero attached hydrogens (tertiary/aromatic N) is 2. The molecule has 3 rings (SSSR count). The van der Waals surface area contributed by atoms with E-state index in [2.05, 4.69) is 17.2 Å². The van der Waals surface area contributed by atoms with Crippen molar-refractivity contribution in [2.24, 2.45) is 5.92 Å². The van der Waals surface area contributed by atoms with Crippen LogP contribution in [0.15, 0.2) is 24.5 Å². The molecule has 0 aromatic carbocycles. The molecule has 5 heteroatoms. The Balaban J connectivity index is 1.75. The van der Waals surface area contributed by atoms with E-state index < -0.39 is 5.54 Å². The van der Waals surface area contributed by atoms with Gasteiger partial charge in [0.25, 0.3) is 5.91 Å². The molecule has 1 N–H and O–H groups in total. The number of aromatic nitrogens is 1. The lowest BCUT2D eigenvalue weighted by molar-refractivity contribution is -0.128. The van der Waals surface area contributed by atoms with E-state index in [1.54, 1.807) is 17.3 Å². The molecule has 1 aromatic heterocycles. The Morgan fingerprint density at radius 3 is 2.62 bits per heavy atom. The number of pyridine rings is 1. The number of amides is 3. The highest BCUT2D eigenvalue weighted by molar-refractivity contribution is 6.07. The van der Waals surface area contributed by atoms with Crippen LogP contribution in [0.5, 0.6) is 0 Å². The largest absolute Gasteiger partial charge is 0.325 e. The van der Waals surface area contributed by atoms with Crippen LogP contribution in [-0.2, 0) is 11.2 Å². The molecule has 21 heavy (non-hydrogen) atoms. The molecule has 0 bridgehead atoms. The van der Waals surface area contributed by atoms with Gasteiger partial charge in [0.2, 0.25) is 0 Å². The van der Waals surface area contributed by atoms with Gasteiger partial charge in [-0.25, -0.2) is 4.79 Å². The molecule has 0 atom stereocenters. The van der Waals surface area contributed by atoms with Crippen molar-refractivity contribution in [1.29, 1.82) is 0 Å². The minimum Gasteiger partial charge on any atom is -0.309 e. The summed E-state index contributed by atoms with van der Waals surface area (Å²) in [4.78, 5) is 30.2. The summed E-state index contributed by atoms with van der Waals surface area (Å²) in [5.41, 5.74) is 0.535. The second-order valence-electron chi connectivity index (χ2n) is 6.23. The lowest BCUT2D eigenvalue weighted by Gasteiger charge is -2.40. The fourth-order valence-electron chi connectivity index (χ4n) is 3.44. The number of carbonyl (C=O) groups excluding carboxylic acids is 2. The molecule has 1 aliphatic heterocycles. The monoisotopic (exact) mass is 287 g/mol. The summed E-state index contributed by atoms with van der Waals surface area (Å²) in [6, 6.07) is 3.67. The van der Waals surface area contributed by atoms with Crippen LogP contribution in [0.1, 0.15) is 38.2 Å². The van der Waals surface area contributed by atoms with E-state index >= 15 is 0 Å². The molecule has 2 heterocycles. The Bertz CT molecular complexity index is 536. The van der Waals surface area contributed by atoms with Crippen molar-refractivity contribution in [3.8, 4) is 0 Å². The number of imide groups is 1. The van der Waals surface area contributed by atoms with Gasteiger partial charge >= 0.3 is 6.03 Å². The SMILES string of the molecule is CC1CCC2(CC1)C(=O)NC(=O)N2CCc1ccncc1. The van der Waals surface area contributed by atoms with Gasteiger partial charge in [0.1, 0.15) is 5.54 Å². The Morgan fingerprint density at radius 1 is 1.29 bits per heavy atom. The number of carbonyl (C=O) groups is 2. The molecule has 3 amide bonds. The van der Waals surface area contributed by atoms with Crippen LogP contribution in [-0.4, -0.2) is 33.9 Å². The first-order chi connectivity index (χ1) is 10.1. The Labute approximate surface area is 124 Å². The van der Waals surface area contributed by atoms with Gasteiger partial charge in [-0.15, -0.1) is 0 Å². The third kappa shape index (κ3) is 2.52. The first kappa shape index (κ1) is 14.0. The number of hydrogen-bond acceptors (Lipinski definition) is 3. The summed E-state index contributed by atoms with van der Waals surface area (Å²) in [5.74, 6) is 0.537. The summed E-state index contributed by atoms with van der Waals surface area (Å²) in [6.07, 6.45) is 7.83. The number of rotatable bonds is 3. The number of nitrogens with one attached hydrogen (secondary N) is 1. The van der Waals surface area contributed by atoms with Crippen LogP contribution in [0.3, 0.4) is 0 Å². The van der Waals surface area contributed by atoms with Crippen LogP contribution >= 0.6 is 0 Å². The molecule has 0 unspecified atom stereocenters. The molecule has 0 radical (unpaired) electrons. The first-order valence-electron chi connectivity index (χ1n) is 7.64. The van der Waals surface area contributed by atoms with E-state index in [1.165, 1.54) is 0 Å². The van der Waals surface area contributed by atoms with Crippen LogP contribution in [0.25, 0.3) is 0 Å². The summed E-state index contributed by atoms with van der Waals surface area (Å²) in [7, 11) is 0. The van der Waals surface area contributed by atoms with Crippen LogP contribution < -0.4 is 5.32 Å². The molecule has 1 saturated carbocycles. The summed E-state index contributed by atoms with van der Waals surface area (Å²) in [5, 5.41) is 2.51. The maximum absolute atomic E-state index is 12.3. The summed E-state index contributed by atoms with van der Waals surface area (Å²) < 4.78 is 0. The van der Waals surface area contributed by atoms with Crippen molar-refractivity contribution in [1.82, 2.24) is 15.2 Å². The Morgan fingerprint density at radius 2 is 1.95 bits per heavy atom. The third-order valence-electron chi connectivity index (χ3n) is 4.88. The maximum Gasteiger partial charge on any atom is 0.325 e. The standard InChI is InChI=1S/C16H21N3O2/c1-12-2-7-16(8-3-12)14(20)18-15(21)19(16)11-6-13-4-9-17-10-5-13/h4-5,9-10,12H,2-3,6-8,11H2,1H3,(H,18,20,21). The second kappa shape index (κ2) is 5.47. The van der Waals surface area contributed by atoms with E-state index in [9.17, 15) is 9.59 Å². The zero-order valence-electron chi connectivity index (χ0n) is 12.3. The predicted octanol–water partition coefficient (Wildman–Crippen LogP) is 2.12. The van der Waals surface area contributed by atoms with Crippen molar-refractivity contribution in [3.63, 3.8) is 0 Å². The highest BCUT2D eigenvalue weighted by Gasteiger charge is 2.53. The quantitative estimate of drug-likeness (QED) is 0.866. The number of urea groups is 1. The van der Waals surface area contributed by atoms with E-state index in [0.29, 0.717) is 12.5 Å². The normalized spacial score (nSPS) is 29.0. The molecule has 1 spiro atoms. The maximum atomic E-state index is 12.3. The Hall–Kier alpha value is -1.91. The third-order valence-corrected chi connectivity index (χ3v) is 4.88. The van der Waals surface area contributed by atoms with E-state index in [1.807, 2.05) is 12.1 Å². The molecule has 1 saturated heterocycles. The molecule has 2 fully saturated rings. The van der Waals surface area contributed by atoms with Crippen molar-refractivity contribution in [2.75, 3.05) is 6.54 Å². The van der Waals surface area contributed by atoms with Crippen molar-refractivity contribution in [3.05, 3.63) is 30.1 Å². The molecular weight excluding hydrogens is 266 g/mol. The lowest BCUT2D eigenvalue weighted by Crippen LogP contribution is -2.52. The average molecular weight is 287 g/mol. The topological polar surface area (TPSA) is 62.3 Å². The van der Waals surface area contributed by atoms with Crippen molar-refractivity contribution < 1.29 is 9.59 Å². The van der Waals surface area contributed by atoms with Gasteiger partial charge in [0, 0.05) is 18.9 Å². The lowest BCUT2D eigenvalue weighted by atomic mass is 9.76. The molecule has 2 aliphatic rings. The molecule has 1 aromatic rings. The minimum absolute atomic E-state index is 0.103. The molecule has 5 nitrogen and oxygen atoms in total. The van der Waals surface area contributed by atoms with Gasteiger partial charge in [-0.05, 0) is 55.7 Å². The zero-order valence-corrected chi connectivity index (χ0v) is 12.3. The summed E-state index contributed by atoms with van der Waals surface area (Å²) in [6.45, 7) is 2.79. The van der Waals surface area contributed by atoms with Gasteiger partial charge in [0.05, 0.1) is 0 Å². The van der Waals surface area contributed by atoms with E-state index in [4.69, 9.17) is 0 Å². The second-order valence-corrected chi connectivity index (χ2v) is 6.23. The average Bonchev–Trinajstić information content (AvgIpc) is 2.72. The van der Waals surface area contributed by atoms with Gasteiger partial charge in [-0.3, -0.25) is 15.1 Å². The zero-order chi connectivity index (χ0) is 14.9. The molecular formula is C16H21N3O2. The van der Waals surface area contributed by atoms with Gasteiger partial charge in [-0.1, -0.05) is 6.92 Å². The van der Waals surface area contributed by atoms with Gasteiger partial charge in [0.15, 0.2) is 0 Å². The van der Waals surface area contributed by atoms with E-state index in [-0.39, 0.29) is 11.9 Å². The molecule has 112 valence electrons. The summed E-state index contributed by atoms with van der Waals surface area (Å²) >= 11 is 0. The Kier molecular flexibility index (Phi) is 3.66. The van der Waals surface area contributed by atoms with Crippen LogP contribution in [0, 0.1) is 5.92 Å². The van der Waals surface area contributed by atoms with Crippen molar-refractivity contribution in [2.45, 2.75) is 44.6 Å². The fraction of sp³-hybridized carbons (Fsp3) is 0.562. The number of hydrogen-bond donors (Lipinski definition) is 1. The van der Waals surface area contributed by atoms with Crippen molar-refractivity contribution >= 4 is 11.9 Å². The van der Waals surface area contributed by atoms with Crippen LogP contribution in [0.4, 0.5) is 4.79 Å². The minimum atomic E-state index is -0.601. The highest BCUT2D eigenvalue weighted by Crippen LogP contribution is 2.39. The fourth-order valence-corrected chi connectivity index (χ4v) is 3.44. The van der Waals surface area contributed by atoms with Crippen LogP contribution in [0.2, 0.25) is 0 Å². The van der Waals surface area contributed by atoms with Gasteiger partial charge in [-0.2, -0.15) is 0 Å². The molecule has 1 aliphatic carbocycles. The predicted molar refractivity (Wildman–Crippen MR) is 78.5 cm³/mol. The van der Waals surface area contributed by atoms with E-state index in [0.717, 1.165) is 37.7 Å². The first-order valence-corrected chi connectivity index (χ1v) is 7.64. The van der Waals surface area contributed by atoms with Gasteiger partial charge < -0.3 is 4.90 Å². The highest BCUT2D eigenvalue weighted by atomic mass is 16.2. The smallest absolute Gasteiger partial charge is 0.309 e.